The summed E-state index contributed by atoms with van der Waals surface area (Å²) in [5, 5.41) is 12.6. The van der Waals surface area contributed by atoms with Crippen LogP contribution in [0.3, 0.4) is 0 Å². The van der Waals surface area contributed by atoms with Gasteiger partial charge in [0, 0.05) is 26.0 Å². The van der Waals surface area contributed by atoms with Gasteiger partial charge in [0.1, 0.15) is 11.6 Å². The number of hydrogen-bond acceptors (Lipinski definition) is 4. The summed E-state index contributed by atoms with van der Waals surface area (Å²) in [6.45, 7) is 4.40. The van der Waals surface area contributed by atoms with Gasteiger partial charge in [-0.1, -0.05) is 18.7 Å². The number of benzene rings is 1. The Hall–Kier alpha value is -2.57. The molecule has 124 valence electrons. The van der Waals surface area contributed by atoms with Crippen LogP contribution in [0, 0.1) is 0 Å². The molecule has 1 aliphatic rings. The largest absolute Gasteiger partial charge is 0.496 e. The van der Waals surface area contributed by atoms with Crippen LogP contribution >= 0.6 is 0 Å². The number of methoxy groups -OCH3 is 1. The molecule has 0 atom stereocenters. The van der Waals surface area contributed by atoms with Crippen molar-refractivity contribution in [3.63, 3.8) is 0 Å². The third-order valence-corrected chi connectivity index (χ3v) is 3.69. The second-order valence-corrected chi connectivity index (χ2v) is 5.35. The normalized spacial score (nSPS) is 15.8. The minimum absolute atomic E-state index is 0.0357. The lowest BCUT2D eigenvalue weighted by Gasteiger charge is -2.28. The van der Waals surface area contributed by atoms with E-state index < -0.39 is 11.8 Å². The van der Waals surface area contributed by atoms with Crippen molar-refractivity contribution < 1.29 is 23.4 Å². The standard InChI is InChI=1S/C16H18F2N2O3/c1-9-19-14(21)12(15(22)20(9)3)7-10-5-6-11(16(2,17)18)8-13(10)23-4/h5-6,8,22H,1,7H2,2-4H3,(H,19,21). The van der Waals surface area contributed by atoms with Gasteiger partial charge in [-0.15, -0.1) is 0 Å². The number of nitrogens with zero attached hydrogens (tertiary/aromatic N) is 1. The first-order chi connectivity index (χ1) is 10.6. The third-order valence-electron chi connectivity index (χ3n) is 3.69. The smallest absolute Gasteiger partial charge is 0.270 e. The minimum Gasteiger partial charge on any atom is -0.496 e. The van der Waals surface area contributed by atoms with E-state index in [0.717, 1.165) is 6.92 Å². The number of alkyl halides is 2. The van der Waals surface area contributed by atoms with Crippen molar-refractivity contribution in [2.75, 3.05) is 14.2 Å². The Morgan fingerprint density at radius 1 is 1.43 bits per heavy atom. The van der Waals surface area contributed by atoms with Gasteiger partial charge in [0.25, 0.3) is 11.8 Å². The first-order valence-corrected chi connectivity index (χ1v) is 6.86. The predicted molar refractivity (Wildman–Crippen MR) is 81.0 cm³/mol. The van der Waals surface area contributed by atoms with Crippen LogP contribution in [0.1, 0.15) is 18.1 Å². The molecule has 0 bridgehead atoms. The van der Waals surface area contributed by atoms with Crippen LogP contribution in [0.2, 0.25) is 0 Å². The number of halogens is 2. The monoisotopic (exact) mass is 324 g/mol. The average molecular weight is 324 g/mol. The van der Waals surface area contributed by atoms with Gasteiger partial charge in [-0.3, -0.25) is 4.79 Å². The highest BCUT2D eigenvalue weighted by Gasteiger charge is 2.29. The summed E-state index contributed by atoms with van der Waals surface area (Å²) in [5.41, 5.74) is 0.433. The van der Waals surface area contributed by atoms with Gasteiger partial charge in [0.05, 0.1) is 12.7 Å². The van der Waals surface area contributed by atoms with Crippen molar-refractivity contribution in [2.24, 2.45) is 0 Å². The SMILES string of the molecule is C=C1NC(=O)C(Cc2ccc(C(C)(F)F)cc2OC)=C(O)N1C. The number of rotatable bonds is 4. The van der Waals surface area contributed by atoms with E-state index in [4.69, 9.17) is 4.74 Å². The maximum absolute atomic E-state index is 13.4. The Morgan fingerprint density at radius 2 is 2.09 bits per heavy atom. The molecule has 0 aromatic heterocycles. The highest BCUT2D eigenvalue weighted by atomic mass is 19.3. The molecule has 1 aliphatic heterocycles. The summed E-state index contributed by atoms with van der Waals surface area (Å²) in [4.78, 5) is 13.3. The van der Waals surface area contributed by atoms with Crippen molar-refractivity contribution in [2.45, 2.75) is 19.3 Å². The molecule has 5 nitrogen and oxygen atoms in total. The van der Waals surface area contributed by atoms with Crippen LogP contribution < -0.4 is 10.1 Å². The van der Waals surface area contributed by atoms with Gasteiger partial charge >= 0.3 is 0 Å². The number of carbonyl (C=O) groups excluding carboxylic acids is 1. The van der Waals surface area contributed by atoms with Gasteiger partial charge in [-0.2, -0.15) is 0 Å². The van der Waals surface area contributed by atoms with Crippen molar-refractivity contribution in [3.05, 3.63) is 53.2 Å². The molecule has 0 radical (unpaired) electrons. The van der Waals surface area contributed by atoms with Crippen LogP contribution in [-0.2, 0) is 17.1 Å². The van der Waals surface area contributed by atoms with E-state index in [1.165, 1.54) is 30.2 Å². The predicted octanol–water partition coefficient (Wildman–Crippen LogP) is 2.65. The topological polar surface area (TPSA) is 61.8 Å². The highest BCUT2D eigenvalue weighted by molar-refractivity contribution is 5.96. The number of ether oxygens (including phenoxy) is 1. The van der Waals surface area contributed by atoms with E-state index in [1.54, 1.807) is 7.05 Å². The van der Waals surface area contributed by atoms with E-state index in [0.29, 0.717) is 5.56 Å². The lowest BCUT2D eigenvalue weighted by atomic mass is 9.99. The quantitative estimate of drug-likeness (QED) is 0.894. The number of aliphatic hydroxyl groups excluding tert-OH is 1. The van der Waals surface area contributed by atoms with E-state index in [-0.39, 0.29) is 35.0 Å². The third kappa shape index (κ3) is 3.28. The van der Waals surface area contributed by atoms with Crippen molar-refractivity contribution in [3.8, 4) is 5.75 Å². The molecule has 23 heavy (non-hydrogen) atoms. The van der Waals surface area contributed by atoms with Crippen LogP contribution in [0.5, 0.6) is 5.75 Å². The molecule has 0 spiro atoms. The van der Waals surface area contributed by atoms with Gasteiger partial charge in [0.2, 0.25) is 5.88 Å². The highest BCUT2D eigenvalue weighted by Crippen LogP contribution is 2.33. The molecule has 0 aliphatic carbocycles. The number of carbonyl (C=O) groups is 1. The summed E-state index contributed by atoms with van der Waals surface area (Å²) in [5.74, 6) is -3.23. The average Bonchev–Trinajstić information content (AvgIpc) is 2.48. The summed E-state index contributed by atoms with van der Waals surface area (Å²) < 4.78 is 31.9. The Kier molecular flexibility index (Phi) is 4.31. The molecule has 1 heterocycles. The zero-order chi connectivity index (χ0) is 17.4. The van der Waals surface area contributed by atoms with Crippen molar-refractivity contribution in [1.82, 2.24) is 10.2 Å². The molecule has 2 N–H and O–H groups in total. The summed E-state index contributed by atoms with van der Waals surface area (Å²) in [7, 11) is 2.91. The van der Waals surface area contributed by atoms with E-state index in [1.807, 2.05) is 0 Å². The van der Waals surface area contributed by atoms with E-state index in [2.05, 4.69) is 11.9 Å². The second-order valence-electron chi connectivity index (χ2n) is 5.35. The maximum atomic E-state index is 13.4. The van der Waals surface area contributed by atoms with Crippen molar-refractivity contribution in [1.29, 1.82) is 0 Å². The molecule has 0 fully saturated rings. The Balaban J connectivity index is 2.40. The molecule has 1 amide bonds. The number of nitrogens with one attached hydrogen (secondary N) is 1. The van der Waals surface area contributed by atoms with Gasteiger partial charge in [0.15, 0.2) is 0 Å². The molecule has 7 heteroatoms. The second kappa shape index (κ2) is 5.91. The molecule has 1 aromatic rings. The molecule has 0 saturated heterocycles. The molecule has 0 unspecified atom stereocenters. The maximum Gasteiger partial charge on any atom is 0.270 e. The van der Waals surface area contributed by atoms with Crippen molar-refractivity contribution >= 4 is 5.91 Å². The summed E-state index contributed by atoms with van der Waals surface area (Å²) in [6.07, 6.45) is 0.0357. The van der Waals surface area contributed by atoms with E-state index >= 15 is 0 Å². The fraction of sp³-hybridized carbons (Fsp3) is 0.312. The molecule has 1 aromatic carbocycles. The zero-order valence-corrected chi connectivity index (χ0v) is 13.1. The molecule has 2 rings (SSSR count). The zero-order valence-electron chi connectivity index (χ0n) is 13.1. The van der Waals surface area contributed by atoms with E-state index in [9.17, 15) is 18.7 Å². The van der Waals surface area contributed by atoms with Crippen LogP contribution in [0.25, 0.3) is 0 Å². The summed E-state index contributed by atoms with van der Waals surface area (Å²) in [6, 6.07) is 3.97. The lowest BCUT2D eigenvalue weighted by molar-refractivity contribution is -0.118. The first-order valence-electron chi connectivity index (χ1n) is 6.86. The molecule has 0 saturated carbocycles. The Labute approximate surface area is 132 Å². The van der Waals surface area contributed by atoms with Crippen LogP contribution in [0.4, 0.5) is 8.78 Å². The Morgan fingerprint density at radius 3 is 2.65 bits per heavy atom. The van der Waals surface area contributed by atoms with Crippen LogP contribution in [0.15, 0.2) is 42.1 Å². The van der Waals surface area contributed by atoms with Gasteiger partial charge in [-0.25, -0.2) is 8.78 Å². The summed E-state index contributed by atoms with van der Waals surface area (Å²) >= 11 is 0. The number of aliphatic hydroxyl groups is 1. The van der Waals surface area contributed by atoms with Gasteiger partial charge in [-0.05, 0) is 11.6 Å². The number of amides is 1. The fourth-order valence-corrected chi connectivity index (χ4v) is 2.24. The Bertz CT molecular complexity index is 693. The minimum atomic E-state index is -2.99. The first kappa shape index (κ1) is 16.8. The molecular formula is C16H18F2N2O3. The van der Waals surface area contributed by atoms with Crippen LogP contribution in [-0.4, -0.2) is 30.1 Å². The van der Waals surface area contributed by atoms with Gasteiger partial charge < -0.3 is 20.1 Å². The fourth-order valence-electron chi connectivity index (χ4n) is 2.24. The number of hydrogen-bond donors (Lipinski definition) is 2. The lowest BCUT2D eigenvalue weighted by Crippen LogP contribution is -2.40. The molecular weight excluding hydrogens is 306 g/mol.